The Bertz CT molecular complexity index is 531. The zero-order valence-corrected chi connectivity index (χ0v) is 14.1. The summed E-state index contributed by atoms with van der Waals surface area (Å²) < 4.78 is 5.62. The first-order valence-corrected chi connectivity index (χ1v) is 7.94. The Labute approximate surface area is 136 Å². The molecule has 1 saturated carbocycles. The van der Waals surface area contributed by atoms with E-state index in [2.05, 4.69) is 19.2 Å². The van der Waals surface area contributed by atoms with Crippen LogP contribution in [0.3, 0.4) is 0 Å². The number of ether oxygens (including phenoxy) is 1. The van der Waals surface area contributed by atoms with E-state index in [1.165, 1.54) is 0 Å². The van der Waals surface area contributed by atoms with Gasteiger partial charge < -0.3 is 10.1 Å². The van der Waals surface area contributed by atoms with Gasteiger partial charge in [-0.2, -0.15) is 0 Å². The Kier molecular flexibility index (Phi) is 5.05. The van der Waals surface area contributed by atoms with Gasteiger partial charge in [0.05, 0.1) is 5.02 Å². The average molecular weight is 330 g/mol. The van der Waals surface area contributed by atoms with Crippen molar-refractivity contribution in [1.29, 1.82) is 0 Å². The van der Waals surface area contributed by atoms with E-state index in [0.29, 0.717) is 21.2 Å². The first kappa shape index (κ1) is 16.4. The van der Waals surface area contributed by atoms with Crippen molar-refractivity contribution >= 4 is 29.1 Å². The van der Waals surface area contributed by atoms with Gasteiger partial charge >= 0.3 is 0 Å². The minimum Gasteiger partial charge on any atom is -0.479 e. The predicted molar refractivity (Wildman–Crippen MR) is 86.1 cm³/mol. The van der Waals surface area contributed by atoms with Gasteiger partial charge in [-0.05, 0) is 49.8 Å². The minimum atomic E-state index is -0.590. The van der Waals surface area contributed by atoms with Gasteiger partial charge in [0.2, 0.25) is 0 Å². The van der Waals surface area contributed by atoms with E-state index in [-0.39, 0.29) is 11.9 Å². The lowest BCUT2D eigenvalue weighted by molar-refractivity contribution is -0.128. The van der Waals surface area contributed by atoms with Crippen LogP contribution in [0.25, 0.3) is 0 Å². The summed E-state index contributed by atoms with van der Waals surface area (Å²) in [5.41, 5.74) is 0.307. The van der Waals surface area contributed by atoms with Gasteiger partial charge in [-0.1, -0.05) is 37.0 Å². The van der Waals surface area contributed by atoms with Crippen molar-refractivity contribution in [2.75, 3.05) is 0 Å². The van der Waals surface area contributed by atoms with E-state index in [0.717, 1.165) is 19.3 Å². The topological polar surface area (TPSA) is 38.3 Å². The fraction of sp³-hybridized carbons (Fsp3) is 0.562. The van der Waals surface area contributed by atoms with Crippen LogP contribution in [-0.2, 0) is 4.79 Å². The van der Waals surface area contributed by atoms with E-state index in [1.807, 2.05) is 0 Å². The van der Waals surface area contributed by atoms with Crippen molar-refractivity contribution in [3.63, 3.8) is 0 Å². The Morgan fingerprint density at radius 1 is 1.43 bits per heavy atom. The smallest absolute Gasteiger partial charge is 0.260 e. The van der Waals surface area contributed by atoms with Crippen LogP contribution in [0.2, 0.25) is 10.0 Å². The van der Waals surface area contributed by atoms with Gasteiger partial charge in [-0.25, -0.2) is 0 Å². The molecule has 0 heterocycles. The normalized spacial score (nSPS) is 21.9. The number of hydrogen-bond acceptors (Lipinski definition) is 2. The maximum Gasteiger partial charge on any atom is 0.260 e. The molecule has 116 valence electrons. The number of halogens is 2. The van der Waals surface area contributed by atoms with Crippen molar-refractivity contribution in [3.05, 3.63) is 28.2 Å². The Hall–Kier alpha value is -0.930. The summed E-state index contributed by atoms with van der Waals surface area (Å²) in [4.78, 5) is 12.2. The molecule has 0 saturated heterocycles. The van der Waals surface area contributed by atoms with E-state index in [9.17, 15) is 4.79 Å². The van der Waals surface area contributed by atoms with Gasteiger partial charge in [0.25, 0.3) is 5.91 Å². The SMILES string of the molecule is CC(Oc1ccc(Cl)cc1Cl)C(=O)NC1CCC(C)(C)C1. The number of hydrogen-bond donors (Lipinski definition) is 1. The lowest BCUT2D eigenvalue weighted by Crippen LogP contribution is -2.41. The lowest BCUT2D eigenvalue weighted by atomic mass is 9.92. The highest BCUT2D eigenvalue weighted by Crippen LogP contribution is 2.37. The standard InChI is InChI=1S/C16H21Cl2NO2/c1-10(21-14-5-4-11(17)8-13(14)18)15(20)19-12-6-7-16(2,3)9-12/h4-5,8,10,12H,6-7,9H2,1-3H3,(H,19,20). The van der Waals surface area contributed by atoms with E-state index < -0.39 is 6.10 Å². The van der Waals surface area contributed by atoms with Crippen molar-refractivity contribution in [2.45, 2.75) is 52.2 Å². The zero-order chi connectivity index (χ0) is 15.6. The van der Waals surface area contributed by atoms with Crippen molar-refractivity contribution in [2.24, 2.45) is 5.41 Å². The first-order valence-electron chi connectivity index (χ1n) is 7.19. The third kappa shape index (κ3) is 4.52. The highest BCUT2D eigenvalue weighted by molar-refractivity contribution is 6.35. The molecule has 0 radical (unpaired) electrons. The molecule has 1 amide bonds. The molecule has 2 unspecified atom stereocenters. The second-order valence-corrected chi connectivity index (χ2v) is 7.29. The molecule has 2 rings (SSSR count). The number of carbonyl (C=O) groups is 1. The van der Waals surface area contributed by atoms with Gasteiger partial charge in [0.1, 0.15) is 5.75 Å². The van der Waals surface area contributed by atoms with Gasteiger partial charge in [-0.3, -0.25) is 4.79 Å². The second-order valence-electron chi connectivity index (χ2n) is 6.45. The van der Waals surface area contributed by atoms with Gasteiger partial charge in [-0.15, -0.1) is 0 Å². The summed E-state index contributed by atoms with van der Waals surface area (Å²) in [6.45, 7) is 6.18. The van der Waals surface area contributed by atoms with Crippen LogP contribution in [0.5, 0.6) is 5.75 Å². The molecule has 3 nitrogen and oxygen atoms in total. The highest BCUT2D eigenvalue weighted by atomic mass is 35.5. The molecule has 2 atom stereocenters. The number of rotatable bonds is 4. The molecule has 0 bridgehead atoms. The Morgan fingerprint density at radius 2 is 2.14 bits per heavy atom. The van der Waals surface area contributed by atoms with Gasteiger partial charge in [0.15, 0.2) is 6.10 Å². The summed E-state index contributed by atoms with van der Waals surface area (Å²) in [5, 5.41) is 4.00. The summed E-state index contributed by atoms with van der Waals surface area (Å²) in [6, 6.07) is 5.20. The molecule has 5 heteroatoms. The van der Waals surface area contributed by atoms with Crippen LogP contribution in [0.1, 0.15) is 40.0 Å². The summed E-state index contributed by atoms with van der Waals surface area (Å²) >= 11 is 11.9. The van der Waals surface area contributed by atoms with Crippen LogP contribution in [0.15, 0.2) is 18.2 Å². The molecule has 1 aromatic carbocycles. The molecule has 0 aliphatic heterocycles. The molecule has 0 spiro atoms. The fourth-order valence-corrected chi connectivity index (χ4v) is 3.15. The minimum absolute atomic E-state index is 0.108. The number of nitrogens with one attached hydrogen (secondary N) is 1. The van der Waals surface area contributed by atoms with Crippen molar-refractivity contribution < 1.29 is 9.53 Å². The van der Waals surface area contributed by atoms with Crippen LogP contribution in [-0.4, -0.2) is 18.1 Å². The molecular weight excluding hydrogens is 309 g/mol. The van der Waals surface area contributed by atoms with Crippen molar-refractivity contribution in [3.8, 4) is 5.75 Å². The predicted octanol–water partition coefficient (Wildman–Crippen LogP) is 4.46. The molecule has 1 N–H and O–H groups in total. The third-order valence-corrected chi connectivity index (χ3v) is 4.41. The van der Waals surface area contributed by atoms with Crippen LogP contribution in [0, 0.1) is 5.41 Å². The molecule has 1 aromatic rings. The van der Waals surface area contributed by atoms with Crippen LogP contribution in [0.4, 0.5) is 0 Å². The average Bonchev–Trinajstić information content (AvgIpc) is 2.72. The van der Waals surface area contributed by atoms with Crippen LogP contribution >= 0.6 is 23.2 Å². The van der Waals surface area contributed by atoms with E-state index in [4.69, 9.17) is 27.9 Å². The maximum absolute atomic E-state index is 12.2. The summed E-state index contributed by atoms with van der Waals surface area (Å²) in [7, 11) is 0. The number of carbonyl (C=O) groups excluding carboxylic acids is 1. The molecule has 0 aromatic heterocycles. The van der Waals surface area contributed by atoms with Gasteiger partial charge in [0, 0.05) is 11.1 Å². The highest BCUT2D eigenvalue weighted by Gasteiger charge is 2.32. The molecule has 1 aliphatic rings. The molecule has 1 aliphatic carbocycles. The fourth-order valence-electron chi connectivity index (χ4n) is 2.69. The summed E-state index contributed by atoms with van der Waals surface area (Å²) in [5.74, 6) is 0.360. The molecular formula is C16H21Cl2NO2. The lowest BCUT2D eigenvalue weighted by Gasteiger charge is -2.20. The summed E-state index contributed by atoms with van der Waals surface area (Å²) in [6.07, 6.45) is 2.57. The van der Waals surface area contributed by atoms with E-state index >= 15 is 0 Å². The van der Waals surface area contributed by atoms with E-state index in [1.54, 1.807) is 25.1 Å². The maximum atomic E-state index is 12.2. The molecule has 1 fully saturated rings. The second kappa shape index (κ2) is 6.45. The number of amides is 1. The Morgan fingerprint density at radius 3 is 2.71 bits per heavy atom. The monoisotopic (exact) mass is 329 g/mol. The molecule has 21 heavy (non-hydrogen) atoms. The largest absolute Gasteiger partial charge is 0.479 e. The Balaban J connectivity index is 1.91. The van der Waals surface area contributed by atoms with Crippen LogP contribution < -0.4 is 10.1 Å². The zero-order valence-electron chi connectivity index (χ0n) is 12.6. The van der Waals surface area contributed by atoms with Crippen molar-refractivity contribution in [1.82, 2.24) is 5.32 Å². The first-order chi connectivity index (χ1) is 9.77. The third-order valence-electron chi connectivity index (χ3n) is 3.88. The number of benzene rings is 1. The quantitative estimate of drug-likeness (QED) is 0.885.